The van der Waals surface area contributed by atoms with E-state index in [2.05, 4.69) is 53.4 Å². The van der Waals surface area contributed by atoms with E-state index in [9.17, 15) is 0 Å². The molecule has 2 aliphatic rings. The van der Waals surface area contributed by atoms with Gasteiger partial charge in [0.1, 0.15) is 12.4 Å². The lowest BCUT2D eigenvalue weighted by molar-refractivity contribution is -0.0570. The van der Waals surface area contributed by atoms with Gasteiger partial charge in [0.25, 0.3) is 0 Å². The fourth-order valence-electron chi connectivity index (χ4n) is 4.56. The van der Waals surface area contributed by atoms with Crippen LogP contribution in [-0.2, 0) is 4.74 Å². The average molecular weight is 337 g/mol. The summed E-state index contributed by atoms with van der Waals surface area (Å²) in [5.41, 5.74) is 14.4. The molecular formula is C21H27N3O. The van der Waals surface area contributed by atoms with Gasteiger partial charge in [-0.15, -0.1) is 0 Å². The van der Waals surface area contributed by atoms with Gasteiger partial charge in [0, 0.05) is 12.1 Å². The van der Waals surface area contributed by atoms with E-state index in [0.29, 0.717) is 12.1 Å². The normalized spacial score (nSPS) is 26.5. The highest BCUT2D eigenvalue weighted by molar-refractivity contribution is 5.30. The lowest BCUT2D eigenvalue weighted by Crippen LogP contribution is -2.58. The monoisotopic (exact) mass is 337 g/mol. The Kier molecular flexibility index (Phi) is 4.86. The molecule has 132 valence electrons. The van der Waals surface area contributed by atoms with Crippen molar-refractivity contribution in [1.82, 2.24) is 4.90 Å². The molecule has 25 heavy (non-hydrogen) atoms. The van der Waals surface area contributed by atoms with Crippen molar-refractivity contribution in [2.75, 3.05) is 0 Å². The quantitative estimate of drug-likeness (QED) is 0.823. The lowest BCUT2D eigenvalue weighted by Gasteiger charge is -2.41. The minimum Gasteiger partial charge on any atom is -0.365 e. The van der Waals surface area contributed by atoms with Gasteiger partial charge in [0.2, 0.25) is 0 Å². The number of rotatable bonds is 5. The van der Waals surface area contributed by atoms with Crippen molar-refractivity contribution >= 4 is 0 Å². The number of piperidine rings is 1. The molecule has 4 rings (SSSR count). The summed E-state index contributed by atoms with van der Waals surface area (Å²) in [5.74, 6) is 0. The van der Waals surface area contributed by atoms with E-state index >= 15 is 0 Å². The van der Waals surface area contributed by atoms with E-state index in [1.165, 1.54) is 24.0 Å². The maximum atomic E-state index is 6.66. The summed E-state index contributed by atoms with van der Waals surface area (Å²) in [6, 6.07) is 21.9. The molecule has 2 saturated heterocycles. The Labute approximate surface area is 149 Å². The Morgan fingerprint density at radius 3 is 1.72 bits per heavy atom. The third-order valence-electron chi connectivity index (χ3n) is 5.62. The van der Waals surface area contributed by atoms with Crippen LogP contribution in [0.2, 0.25) is 0 Å². The van der Waals surface area contributed by atoms with Crippen molar-refractivity contribution in [1.29, 1.82) is 0 Å². The molecular weight excluding hydrogens is 310 g/mol. The van der Waals surface area contributed by atoms with Crippen LogP contribution >= 0.6 is 0 Å². The molecule has 0 aliphatic carbocycles. The maximum absolute atomic E-state index is 6.66. The molecule has 2 heterocycles. The molecule has 2 unspecified atom stereocenters. The number of hydrogen-bond acceptors (Lipinski definition) is 4. The molecule has 0 saturated carbocycles. The van der Waals surface area contributed by atoms with E-state index in [4.69, 9.17) is 16.2 Å². The van der Waals surface area contributed by atoms with Crippen LogP contribution in [0.1, 0.15) is 42.9 Å². The van der Waals surface area contributed by atoms with E-state index in [1.807, 2.05) is 12.1 Å². The number of nitrogens with zero attached hydrogens (tertiary/aromatic N) is 1. The molecule has 0 spiro atoms. The number of hydrogen-bond donors (Lipinski definition) is 2. The molecule has 2 fully saturated rings. The highest BCUT2D eigenvalue weighted by atomic mass is 16.5. The molecule has 4 N–H and O–H groups in total. The largest absolute Gasteiger partial charge is 0.365 e. The van der Waals surface area contributed by atoms with Gasteiger partial charge in [-0.3, -0.25) is 4.90 Å². The first-order valence-electron chi connectivity index (χ1n) is 9.26. The summed E-state index contributed by atoms with van der Waals surface area (Å²) >= 11 is 0. The summed E-state index contributed by atoms with van der Waals surface area (Å²) in [6.45, 7) is 0. The van der Waals surface area contributed by atoms with Gasteiger partial charge in [0.15, 0.2) is 0 Å². The van der Waals surface area contributed by atoms with E-state index in [-0.39, 0.29) is 18.5 Å². The van der Waals surface area contributed by atoms with Crippen molar-refractivity contribution in [3.8, 4) is 0 Å². The van der Waals surface area contributed by atoms with Crippen molar-refractivity contribution in [3.63, 3.8) is 0 Å². The Morgan fingerprint density at radius 1 is 0.800 bits per heavy atom. The van der Waals surface area contributed by atoms with Gasteiger partial charge < -0.3 is 16.2 Å². The number of fused-ring (bicyclic) bond motifs is 2. The summed E-state index contributed by atoms with van der Waals surface area (Å²) in [4.78, 5) is 2.29. The van der Waals surface area contributed by atoms with Crippen molar-refractivity contribution in [2.24, 2.45) is 11.5 Å². The Morgan fingerprint density at radius 2 is 1.28 bits per heavy atom. The van der Waals surface area contributed by atoms with Gasteiger partial charge in [-0.1, -0.05) is 60.7 Å². The number of ether oxygens (including phenoxy) is 1. The third-order valence-corrected chi connectivity index (χ3v) is 5.62. The van der Waals surface area contributed by atoms with Crippen LogP contribution in [0, 0.1) is 0 Å². The molecule has 0 radical (unpaired) electrons. The molecule has 2 aliphatic heterocycles. The van der Waals surface area contributed by atoms with Gasteiger partial charge >= 0.3 is 0 Å². The van der Waals surface area contributed by atoms with Crippen molar-refractivity contribution in [2.45, 2.75) is 56.3 Å². The predicted molar refractivity (Wildman–Crippen MR) is 99.6 cm³/mol. The SMILES string of the molecule is NC(N)N1C2CCC1CC(OC(c1ccccc1)c1ccccc1)C2. The molecule has 2 aromatic carbocycles. The summed E-state index contributed by atoms with van der Waals surface area (Å²) in [5, 5.41) is 0. The predicted octanol–water partition coefficient (Wildman–Crippen LogP) is 2.99. The van der Waals surface area contributed by atoms with Crippen LogP contribution in [0.4, 0.5) is 0 Å². The third kappa shape index (κ3) is 3.48. The Hall–Kier alpha value is -1.72. The first-order chi connectivity index (χ1) is 12.2. The molecule has 2 aromatic rings. The van der Waals surface area contributed by atoms with E-state index in [1.54, 1.807) is 0 Å². The van der Waals surface area contributed by atoms with Crippen LogP contribution < -0.4 is 11.5 Å². The molecule has 0 aromatic heterocycles. The topological polar surface area (TPSA) is 64.5 Å². The second-order valence-corrected chi connectivity index (χ2v) is 7.25. The number of nitrogens with two attached hydrogens (primary N) is 2. The molecule has 4 nitrogen and oxygen atoms in total. The molecule has 4 heteroatoms. The summed E-state index contributed by atoms with van der Waals surface area (Å²) < 4.78 is 6.66. The van der Waals surface area contributed by atoms with Crippen molar-refractivity contribution < 1.29 is 4.74 Å². The first kappa shape index (κ1) is 16.7. The van der Waals surface area contributed by atoms with Gasteiger partial charge in [-0.2, -0.15) is 0 Å². The molecule has 2 bridgehead atoms. The zero-order chi connectivity index (χ0) is 17.2. The Bertz CT molecular complexity index is 623. The first-order valence-corrected chi connectivity index (χ1v) is 9.26. The molecule has 0 amide bonds. The molecule has 2 atom stereocenters. The maximum Gasteiger partial charge on any atom is 0.109 e. The highest BCUT2D eigenvalue weighted by Crippen LogP contribution is 2.39. The minimum absolute atomic E-state index is 0.0232. The summed E-state index contributed by atoms with van der Waals surface area (Å²) in [7, 11) is 0. The van der Waals surface area contributed by atoms with Crippen LogP contribution in [0.5, 0.6) is 0 Å². The fraction of sp³-hybridized carbons (Fsp3) is 0.429. The van der Waals surface area contributed by atoms with Crippen LogP contribution in [0.15, 0.2) is 60.7 Å². The second kappa shape index (κ2) is 7.26. The van der Waals surface area contributed by atoms with Gasteiger partial charge in [-0.25, -0.2) is 0 Å². The van der Waals surface area contributed by atoms with Crippen LogP contribution in [0.25, 0.3) is 0 Å². The minimum atomic E-state index is -0.350. The Balaban J connectivity index is 1.54. The zero-order valence-electron chi connectivity index (χ0n) is 14.5. The van der Waals surface area contributed by atoms with Gasteiger partial charge in [0.05, 0.1) is 6.10 Å². The van der Waals surface area contributed by atoms with Crippen LogP contribution in [-0.4, -0.2) is 29.4 Å². The second-order valence-electron chi connectivity index (χ2n) is 7.25. The van der Waals surface area contributed by atoms with Gasteiger partial charge in [-0.05, 0) is 36.8 Å². The van der Waals surface area contributed by atoms with Crippen molar-refractivity contribution in [3.05, 3.63) is 71.8 Å². The fourth-order valence-corrected chi connectivity index (χ4v) is 4.56. The van der Waals surface area contributed by atoms with Crippen LogP contribution in [0.3, 0.4) is 0 Å². The number of benzene rings is 2. The standard InChI is InChI=1S/C21H27N3O/c22-21(23)24-17-11-12-18(24)14-19(13-17)25-20(15-7-3-1-4-8-15)16-9-5-2-6-10-16/h1-10,17-21H,11-14,22-23H2. The summed E-state index contributed by atoms with van der Waals surface area (Å²) in [6.07, 6.45) is 4.25. The zero-order valence-corrected chi connectivity index (χ0v) is 14.5. The van der Waals surface area contributed by atoms with E-state index in [0.717, 1.165) is 12.8 Å². The lowest BCUT2D eigenvalue weighted by atomic mass is 9.97. The highest BCUT2D eigenvalue weighted by Gasteiger charge is 2.43. The average Bonchev–Trinajstić information content (AvgIpc) is 2.92. The van der Waals surface area contributed by atoms with E-state index < -0.39 is 0 Å². The smallest absolute Gasteiger partial charge is 0.109 e.